The third kappa shape index (κ3) is 3.32. The number of thiophene rings is 1. The average molecular weight is 227 g/mol. The number of carbonyl (C=O) groups is 1. The Morgan fingerprint density at radius 1 is 1.60 bits per heavy atom. The molecule has 1 aromatic heterocycles. The summed E-state index contributed by atoms with van der Waals surface area (Å²) in [6, 6.07) is 2.34. The zero-order valence-electron chi connectivity index (χ0n) is 9.40. The number of ether oxygens (including phenoxy) is 1. The Morgan fingerprint density at radius 3 is 2.80 bits per heavy atom. The molecule has 4 heteroatoms. The number of hydrogen-bond donors (Lipinski definition) is 0. The van der Waals surface area contributed by atoms with Crippen LogP contribution in [0, 0.1) is 0 Å². The van der Waals surface area contributed by atoms with Crippen LogP contribution < -0.4 is 4.90 Å². The minimum absolute atomic E-state index is 0.411. The fourth-order valence-electron chi connectivity index (χ4n) is 1.43. The molecule has 0 saturated carbocycles. The first-order valence-electron chi connectivity index (χ1n) is 4.98. The highest BCUT2D eigenvalue weighted by Gasteiger charge is 2.11. The van der Waals surface area contributed by atoms with Crippen molar-refractivity contribution in [3.63, 3.8) is 0 Å². The molecule has 0 saturated heterocycles. The third-order valence-corrected chi connectivity index (χ3v) is 3.06. The van der Waals surface area contributed by atoms with Crippen LogP contribution in [-0.4, -0.2) is 32.6 Å². The summed E-state index contributed by atoms with van der Waals surface area (Å²) < 4.78 is 5.07. The van der Waals surface area contributed by atoms with Crippen LogP contribution in [0.15, 0.2) is 11.4 Å². The van der Waals surface area contributed by atoms with Crippen molar-refractivity contribution in [2.45, 2.75) is 19.9 Å². The van der Waals surface area contributed by atoms with E-state index in [0.29, 0.717) is 12.6 Å². The van der Waals surface area contributed by atoms with E-state index in [-0.39, 0.29) is 0 Å². The number of methoxy groups -OCH3 is 1. The molecule has 3 nitrogen and oxygen atoms in total. The second-order valence-corrected chi connectivity index (χ2v) is 4.55. The lowest BCUT2D eigenvalue weighted by Gasteiger charge is -2.27. The summed E-state index contributed by atoms with van der Waals surface area (Å²) in [5.74, 6) is 0. The number of rotatable bonds is 6. The highest BCUT2D eigenvalue weighted by Crippen LogP contribution is 2.23. The molecule has 0 aromatic carbocycles. The van der Waals surface area contributed by atoms with Crippen molar-refractivity contribution in [2.75, 3.05) is 25.2 Å². The van der Waals surface area contributed by atoms with E-state index in [1.807, 2.05) is 11.4 Å². The number of carbonyl (C=O) groups excluding carboxylic acids is 1. The normalized spacial score (nSPS) is 10.7. The maximum Gasteiger partial charge on any atom is 0.160 e. The van der Waals surface area contributed by atoms with Crippen LogP contribution in [0.1, 0.15) is 23.5 Å². The molecule has 0 aliphatic carbocycles. The van der Waals surface area contributed by atoms with Crippen molar-refractivity contribution in [1.82, 2.24) is 0 Å². The zero-order valence-corrected chi connectivity index (χ0v) is 10.2. The first kappa shape index (κ1) is 12.2. The molecule has 0 fully saturated rings. The molecule has 0 aliphatic heterocycles. The average Bonchev–Trinajstić information content (AvgIpc) is 2.66. The Morgan fingerprint density at radius 2 is 2.33 bits per heavy atom. The number of anilines is 1. The van der Waals surface area contributed by atoms with Crippen molar-refractivity contribution in [3.8, 4) is 0 Å². The van der Waals surface area contributed by atoms with Gasteiger partial charge in [-0.3, -0.25) is 4.79 Å². The van der Waals surface area contributed by atoms with Gasteiger partial charge in [0.15, 0.2) is 6.29 Å². The lowest BCUT2D eigenvalue weighted by molar-refractivity contribution is 0.112. The number of hydrogen-bond acceptors (Lipinski definition) is 4. The Balaban J connectivity index is 2.74. The smallest absolute Gasteiger partial charge is 0.160 e. The first-order chi connectivity index (χ1) is 7.19. The van der Waals surface area contributed by atoms with Gasteiger partial charge in [-0.1, -0.05) is 0 Å². The molecule has 1 heterocycles. The van der Waals surface area contributed by atoms with Gasteiger partial charge in [0, 0.05) is 30.8 Å². The van der Waals surface area contributed by atoms with Crippen LogP contribution in [0.4, 0.5) is 5.69 Å². The molecule has 84 valence electrons. The molecule has 0 aliphatic rings. The van der Waals surface area contributed by atoms with E-state index in [1.54, 1.807) is 7.11 Å². The van der Waals surface area contributed by atoms with Gasteiger partial charge in [-0.05, 0) is 19.9 Å². The predicted octanol–water partition coefficient (Wildman–Crippen LogP) is 2.42. The Bertz CT molecular complexity index is 309. The van der Waals surface area contributed by atoms with E-state index in [2.05, 4.69) is 18.7 Å². The second-order valence-electron chi connectivity index (χ2n) is 3.61. The molecular weight excluding hydrogens is 210 g/mol. The Labute approximate surface area is 94.7 Å². The minimum Gasteiger partial charge on any atom is -0.383 e. The largest absolute Gasteiger partial charge is 0.383 e. The predicted molar refractivity (Wildman–Crippen MR) is 64.1 cm³/mol. The molecular formula is C11H17NO2S. The van der Waals surface area contributed by atoms with Gasteiger partial charge in [0.25, 0.3) is 0 Å². The lowest BCUT2D eigenvalue weighted by Crippen LogP contribution is -2.33. The van der Waals surface area contributed by atoms with E-state index in [9.17, 15) is 4.79 Å². The van der Waals surface area contributed by atoms with Crippen molar-refractivity contribution in [2.24, 2.45) is 0 Å². The summed E-state index contributed by atoms with van der Waals surface area (Å²) in [6.45, 7) is 5.81. The van der Waals surface area contributed by atoms with E-state index in [0.717, 1.165) is 23.4 Å². The van der Waals surface area contributed by atoms with Crippen LogP contribution in [-0.2, 0) is 4.74 Å². The lowest BCUT2D eigenvalue weighted by atomic mass is 10.3. The van der Waals surface area contributed by atoms with Crippen molar-refractivity contribution in [3.05, 3.63) is 16.3 Å². The van der Waals surface area contributed by atoms with Gasteiger partial charge in [0.1, 0.15) is 0 Å². The standard InChI is InChI=1S/C11H17NO2S/c1-9(2)12(4-5-14-3)10-6-11(7-13)15-8-10/h6-9H,4-5H2,1-3H3. The molecule has 0 amide bonds. The van der Waals surface area contributed by atoms with Crippen molar-refractivity contribution < 1.29 is 9.53 Å². The summed E-state index contributed by atoms with van der Waals surface area (Å²) in [6.07, 6.45) is 0.892. The highest BCUT2D eigenvalue weighted by atomic mass is 32.1. The second kappa shape index (κ2) is 5.88. The fourth-order valence-corrected chi connectivity index (χ4v) is 2.13. The molecule has 0 bridgehead atoms. The van der Waals surface area contributed by atoms with Gasteiger partial charge in [-0.2, -0.15) is 0 Å². The molecule has 0 unspecified atom stereocenters. The summed E-state index contributed by atoms with van der Waals surface area (Å²) in [4.78, 5) is 13.6. The molecule has 0 spiro atoms. The topological polar surface area (TPSA) is 29.5 Å². The van der Waals surface area contributed by atoms with Crippen LogP contribution in [0.3, 0.4) is 0 Å². The van der Waals surface area contributed by atoms with Crippen molar-refractivity contribution in [1.29, 1.82) is 0 Å². The monoisotopic (exact) mass is 227 g/mol. The quantitative estimate of drug-likeness (QED) is 0.699. The zero-order chi connectivity index (χ0) is 11.3. The highest BCUT2D eigenvalue weighted by molar-refractivity contribution is 7.12. The van der Waals surface area contributed by atoms with Gasteiger partial charge in [0.2, 0.25) is 0 Å². The fraction of sp³-hybridized carbons (Fsp3) is 0.545. The van der Waals surface area contributed by atoms with Crippen LogP contribution >= 0.6 is 11.3 Å². The van der Waals surface area contributed by atoms with Gasteiger partial charge in [-0.25, -0.2) is 0 Å². The Kier molecular flexibility index (Phi) is 4.78. The molecule has 0 atom stereocenters. The SMILES string of the molecule is COCCN(c1csc(C=O)c1)C(C)C. The van der Waals surface area contributed by atoms with Crippen molar-refractivity contribution >= 4 is 23.3 Å². The van der Waals surface area contributed by atoms with E-state index in [1.165, 1.54) is 11.3 Å². The van der Waals surface area contributed by atoms with Crippen LogP contribution in [0.5, 0.6) is 0 Å². The third-order valence-electron chi connectivity index (χ3n) is 2.21. The molecule has 0 N–H and O–H groups in total. The van der Waals surface area contributed by atoms with E-state index < -0.39 is 0 Å². The van der Waals surface area contributed by atoms with Gasteiger partial charge < -0.3 is 9.64 Å². The molecule has 1 rings (SSSR count). The van der Waals surface area contributed by atoms with Gasteiger partial charge >= 0.3 is 0 Å². The van der Waals surface area contributed by atoms with Crippen LogP contribution in [0.25, 0.3) is 0 Å². The summed E-state index contributed by atoms with van der Waals surface area (Å²) in [5.41, 5.74) is 1.11. The minimum atomic E-state index is 0.411. The summed E-state index contributed by atoms with van der Waals surface area (Å²) in [7, 11) is 1.70. The Hall–Kier alpha value is -0.870. The maximum absolute atomic E-state index is 10.6. The maximum atomic E-state index is 10.6. The summed E-state index contributed by atoms with van der Waals surface area (Å²) >= 11 is 1.48. The number of nitrogens with zero attached hydrogens (tertiary/aromatic N) is 1. The first-order valence-corrected chi connectivity index (χ1v) is 5.86. The summed E-state index contributed by atoms with van der Waals surface area (Å²) in [5, 5.41) is 2.01. The van der Waals surface area contributed by atoms with Gasteiger partial charge in [-0.15, -0.1) is 11.3 Å². The van der Waals surface area contributed by atoms with E-state index in [4.69, 9.17) is 4.74 Å². The van der Waals surface area contributed by atoms with E-state index >= 15 is 0 Å². The molecule has 1 aromatic rings. The molecule has 15 heavy (non-hydrogen) atoms. The van der Waals surface area contributed by atoms with Crippen LogP contribution in [0.2, 0.25) is 0 Å². The number of aldehydes is 1. The van der Waals surface area contributed by atoms with Gasteiger partial charge in [0.05, 0.1) is 11.5 Å². The molecule has 0 radical (unpaired) electrons.